The molecule has 3 rings (SSSR count). The lowest BCUT2D eigenvalue weighted by molar-refractivity contribution is 0.208. The molecule has 2 heterocycles. The average molecular weight is 268 g/mol. The largest absolute Gasteiger partial charge is 0.382 e. The van der Waals surface area contributed by atoms with Crippen molar-refractivity contribution in [2.24, 2.45) is 0 Å². The van der Waals surface area contributed by atoms with Crippen LogP contribution in [0.15, 0.2) is 42.7 Å². The summed E-state index contributed by atoms with van der Waals surface area (Å²) < 4.78 is 1.74. The highest BCUT2D eigenvalue weighted by Crippen LogP contribution is 2.27. The number of aromatic nitrogens is 4. The van der Waals surface area contributed by atoms with Gasteiger partial charge in [0.05, 0.1) is 17.4 Å². The molecule has 0 radical (unpaired) electrons. The molecule has 0 aliphatic carbocycles. The Morgan fingerprint density at radius 2 is 2.10 bits per heavy atom. The van der Waals surface area contributed by atoms with E-state index in [2.05, 4.69) is 22.2 Å². The first-order chi connectivity index (χ1) is 9.81. The number of hydrogen-bond donors (Lipinski definition) is 1. The smallest absolute Gasteiger partial charge is 0.124 e. The molecule has 5 heteroatoms. The summed E-state index contributed by atoms with van der Waals surface area (Å²) in [5.41, 5.74) is 2.29. The Bertz CT molecular complexity index is 717. The number of pyridine rings is 1. The molecule has 20 heavy (non-hydrogen) atoms. The minimum absolute atomic E-state index is 0.699. The van der Waals surface area contributed by atoms with Crippen LogP contribution in [0.5, 0.6) is 0 Å². The second-order valence-electron chi connectivity index (χ2n) is 4.71. The van der Waals surface area contributed by atoms with Gasteiger partial charge in [0.15, 0.2) is 0 Å². The highest BCUT2D eigenvalue weighted by Gasteiger charge is 2.18. The van der Waals surface area contributed by atoms with Crippen molar-refractivity contribution in [1.29, 1.82) is 0 Å². The average Bonchev–Trinajstić information content (AvgIpc) is 2.94. The molecular weight excluding hydrogens is 252 g/mol. The number of para-hydroxylation sites is 1. The molecule has 1 aromatic carbocycles. The van der Waals surface area contributed by atoms with E-state index in [1.54, 1.807) is 17.1 Å². The third-order valence-electron chi connectivity index (χ3n) is 3.32. The van der Waals surface area contributed by atoms with Crippen LogP contribution in [0.2, 0.25) is 0 Å². The Kier molecular flexibility index (Phi) is 3.43. The zero-order valence-electron chi connectivity index (χ0n) is 11.3. The number of aryl methyl sites for hydroxylation is 1. The molecule has 0 spiro atoms. The number of benzene rings is 1. The fraction of sp³-hybridized carbons (Fsp3) is 0.267. The van der Waals surface area contributed by atoms with Crippen molar-refractivity contribution in [1.82, 2.24) is 20.0 Å². The molecule has 0 amide bonds. The van der Waals surface area contributed by atoms with Crippen molar-refractivity contribution in [3.8, 4) is 0 Å². The predicted molar refractivity (Wildman–Crippen MR) is 76.1 cm³/mol. The van der Waals surface area contributed by atoms with Crippen LogP contribution >= 0.6 is 0 Å². The van der Waals surface area contributed by atoms with Crippen LogP contribution in [-0.4, -0.2) is 25.1 Å². The van der Waals surface area contributed by atoms with Crippen LogP contribution in [-0.2, 0) is 6.54 Å². The van der Waals surface area contributed by atoms with E-state index in [-0.39, 0.29) is 0 Å². The minimum Gasteiger partial charge on any atom is -0.382 e. The van der Waals surface area contributed by atoms with Gasteiger partial charge in [0, 0.05) is 23.7 Å². The fourth-order valence-electron chi connectivity index (χ4n) is 2.37. The highest BCUT2D eigenvalue weighted by atomic mass is 16.3. The van der Waals surface area contributed by atoms with Crippen LogP contribution in [0.4, 0.5) is 0 Å². The van der Waals surface area contributed by atoms with E-state index in [1.807, 2.05) is 30.3 Å². The maximum atomic E-state index is 10.6. The molecule has 0 bridgehead atoms. The molecule has 1 atom stereocenters. The molecule has 1 N–H and O–H groups in total. The van der Waals surface area contributed by atoms with E-state index in [9.17, 15) is 5.11 Å². The normalized spacial score (nSPS) is 12.7. The molecular formula is C15H16N4O. The predicted octanol–water partition coefficient (Wildman–Crippen LogP) is 2.32. The molecule has 1 unspecified atom stereocenters. The number of aliphatic hydroxyl groups excluding tert-OH is 1. The second-order valence-corrected chi connectivity index (χ2v) is 4.71. The van der Waals surface area contributed by atoms with E-state index in [0.717, 1.165) is 29.4 Å². The van der Waals surface area contributed by atoms with Gasteiger partial charge in [-0.2, -0.15) is 0 Å². The van der Waals surface area contributed by atoms with E-state index in [0.29, 0.717) is 5.69 Å². The number of nitrogens with zero attached hydrogens (tertiary/aromatic N) is 4. The first kappa shape index (κ1) is 12.7. The summed E-state index contributed by atoms with van der Waals surface area (Å²) in [7, 11) is 0. The number of aliphatic hydroxyl groups is 1. The van der Waals surface area contributed by atoms with Gasteiger partial charge in [-0.1, -0.05) is 36.4 Å². The first-order valence-corrected chi connectivity index (χ1v) is 6.71. The molecule has 0 saturated heterocycles. The third-order valence-corrected chi connectivity index (χ3v) is 3.32. The van der Waals surface area contributed by atoms with Crippen LogP contribution in [0.25, 0.3) is 10.9 Å². The summed E-state index contributed by atoms with van der Waals surface area (Å²) in [6.45, 7) is 2.81. The van der Waals surface area contributed by atoms with Crippen molar-refractivity contribution < 1.29 is 5.11 Å². The lowest BCUT2D eigenvalue weighted by Crippen LogP contribution is -2.10. The van der Waals surface area contributed by atoms with Crippen LogP contribution in [0.3, 0.4) is 0 Å². The zero-order valence-corrected chi connectivity index (χ0v) is 11.3. The standard InChI is InChI=1S/C15H16N4O/c1-2-9-19-13(10-17-18-19)15(20)12-7-3-5-11-6-4-8-16-14(11)12/h3-8,10,15,20H,2,9H2,1H3. The van der Waals surface area contributed by atoms with Gasteiger partial charge in [0.25, 0.3) is 0 Å². The maximum absolute atomic E-state index is 10.6. The van der Waals surface area contributed by atoms with E-state index in [4.69, 9.17) is 0 Å². The molecule has 0 saturated carbocycles. The summed E-state index contributed by atoms with van der Waals surface area (Å²) >= 11 is 0. The quantitative estimate of drug-likeness (QED) is 0.788. The van der Waals surface area contributed by atoms with Gasteiger partial charge in [-0.3, -0.25) is 4.98 Å². The summed E-state index contributed by atoms with van der Waals surface area (Å²) in [6.07, 6.45) is 3.52. The lowest BCUT2D eigenvalue weighted by atomic mass is 10.0. The minimum atomic E-state index is -0.768. The topological polar surface area (TPSA) is 63.8 Å². The van der Waals surface area contributed by atoms with E-state index in [1.165, 1.54) is 0 Å². The molecule has 0 aliphatic heterocycles. The molecule has 2 aromatic heterocycles. The van der Waals surface area contributed by atoms with Crippen molar-refractivity contribution in [3.05, 3.63) is 54.0 Å². The SMILES string of the molecule is CCCn1nncc1C(O)c1cccc2cccnc12. The van der Waals surface area contributed by atoms with Crippen LogP contribution < -0.4 is 0 Å². The Morgan fingerprint density at radius 3 is 2.95 bits per heavy atom. The molecule has 5 nitrogen and oxygen atoms in total. The summed E-state index contributed by atoms with van der Waals surface area (Å²) in [5.74, 6) is 0. The Hall–Kier alpha value is -2.27. The summed E-state index contributed by atoms with van der Waals surface area (Å²) in [5, 5.41) is 19.6. The number of hydrogen-bond acceptors (Lipinski definition) is 4. The Labute approximate surface area is 116 Å². The van der Waals surface area contributed by atoms with Gasteiger partial charge in [-0.05, 0) is 12.5 Å². The fourth-order valence-corrected chi connectivity index (χ4v) is 2.37. The van der Waals surface area contributed by atoms with Gasteiger partial charge in [-0.15, -0.1) is 5.10 Å². The highest BCUT2D eigenvalue weighted by molar-refractivity contribution is 5.82. The molecule has 0 fully saturated rings. The van der Waals surface area contributed by atoms with Gasteiger partial charge in [-0.25, -0.2) is 4.68 Å². The Balaban J connectivity index is 2.08. The van der Waals surface area contributed by atoms with Crippen LogP contribution in [0.1, 0.15) is 30.7 Å². The van der Waals surface area contributed by atoms with Crippen molar-refractivity contribution in [2.45, 2.75) is 26.0 Å². The van der Waals surface area contributed by atoms with Crippen molar-refractivity contribution in [3.63, 3.8) is 0 Å². The van der Waals surface area contributed by atoms with Gasteiger partial charge in [0.2, 0.25) is 0 Å². The Morgan fingerprint density at radius 1 is 1.25 bits per heavy atom. The van der Waals surface area contributed by atoms with Crippen LogP contribution in [0, 0.1) is 0 Å². The second kappa shape index (κ2) is 5.38. The monoisotopic (exact) mass is 268 g/mol. The van der Waals surface area contributed by atoms with E-state index < -0.39 is 6.10 Å². The van der Waals surface area contributed by atoms with Gasteiger partial charge in [0.1, 0.15) is 6.10 Å². The maximum Gasteiger partial charge on any atom is 0.124 e. The first-order valence-electron chi connectivity index (χ1n) is 6.71. The summed E-state index contributed by atoms with van der Waals surface area (Å²) in [6, 6.07) is 9.68. The number of fused-ring (bicyclic) bond motifs is 1. The van der Waals surface area contributed by atoms with Crippen molar-refractivity contribution in [2.75, 3.05) is 0 Å². The van der Waals surface area contributed by atoms with Gasteiger partial charge < -0.3 is 5.11 Å². The molecule has 3 aromatic rings. The summed E-state index contributed by atoms with van der Waals surface area (Å²) in [4.78, 5) is 4.38. The zero-order chi connectivity index (χ0) is 13.9. The van der Waals surface area contributed by atoms with Gasteiger partial charge >= 0.3 is 0 Å². The van der Waals surface area contributed by atoms with Crippen molar-refractivity contribution >= 4 is 10.9 Å². The molecule has 102 valence electrons. The molecule has 0 aliphatic rings. The van der Waals surface area contributed by atoms with E-state index >= 15 is 0 Å². The third kappa shape index (κ3) is 2.16. The lowest BCUT2D eigenvalue weighted by Gasteiger charge is -2.14. The number of rotatable bonds is 4.